The van der Waals surface area contributed by atoms with E-state index < -0.39 is 10.2 Å². The smallest absolute Gasteiger partial charge is 0.269 e. The van der Waals surface area contributed by atoms with Gasteiger partial charge in [-0.1, -0.05) is 18.2 Å². The first-order valence-corrected chi connectivity index (χ1v) is 9.58. The Bertz CT molecular complexity index is 902. The van der Waals surface area contributed by atoms with Gasteiger partial charge in [0.2, 0.25) is 17.7 Å². The van der Waals surface area contributed by atoms with E-state index in [1.807, 2.05) is 6.07 Å². The van der Waals surface area contributed by atoms with Crippen molar-refractivity contribution in [1.82, 2.24) is 0 Å². The average molecular weight is 399 g/mol. The number of nitro groups is 1. The zero-order chi connectivity index (χ0) is 20.1. The Morgan fingerprint density at radius 1 is 1.14 bits per heavy atom. The number of non-ortho nitro benzene ring substituents is 1. The minimum Gasteiger partial charge on any atom is -0.326 e. The lowest BCUT2D eigenvalue weighted by Crippen LogP contribution is -2.31. The largest absolute Gasteiger partial charge is 0.326 e. The summed E-state index contributed by atoms with van der Waals surface area (Å²) in [5, 5.41) is 12.8. The van der Waals surface area contributed by atoms with Gasteiger partial charge >= 0.3 is 0 Å². The molecule has 2 aromatic carbocycles. The van der Waals surface area contributed by atoms with Gasteiger partial charge in [0, 0.05) is 36.4 Å². The maximum atomic E-state index is 12.5. The van der Waals surface area contributed by atoms with Crippen molar-refractivity contribution in [1.29, 1.82) is 0 Å². The topological polar surface area (TPSA) is 110 Å². The third-order valence-electron chi connectivity index (χ3n) is 4.13. The Morgan fingerprint density at radius 2 is 1.82 bits per heavy atom. The number of imide groups is 1. The van der Waals surface area contributed by atoms with E-state index in [-0.39, 0.29) is 36.3 Å². The van der Waals surface area contributed by atoms with Crippen LogP contribution in [-0.2, 0) is 14.4 Å². The Balaban J connectivity index is 1.48. The summed E-state index contributed by atoms with van der Waals surface area (Å²) in [5.74, 6) is -0.399. The fourth-order valence-electron chi connectivity index (χ4n) is 2.77. The van der Waals surface area contributed by atoms with Gasteiger partial charge in [0.05, 0.1) is 15.9 Å². The van der Waals surface area contributed by atoms with Gasteiger partial charge in [-0.25, -0.2) is 4.90 Å². The van der Waals surface area contributed by atoms with Gasteiger partial charge in [-0.05, 0) is 24.3 Å². The van der Waals surface area contributed by atoms with E-state index in [1.165, 1.54) is 40.9 Å². The van der Waals surface area contributed by atoms with Crippen LogP contribution in [0.4, 0.5) is 17.1 Å². The van der Waals surface area contributed by atoms with E-state index in [9.17, 15) is 24.5 Å². The summed E-state index contributed by atoms with van der Waals surface area (Å²) in [6, 6.07) is 14.3. The normalized spacial score (nSPS) is 16.3. The number of benzene rings is 2. The van der Waals surface area contributed by atoms with Gasteiger partial charge < -0.3 is 5.32 Å². The zero-order valence-corrected chi connectivity index (χ0v) is 15.6. The molecule has 28 heavy (non-hydrogen) atoms. The third kappa shape index (κ3) is 4.55. The van der Waals surface area contributed by atoms with Gasteiger partial charge in [-0.2, -0.15) is 0 Å². The van der Waals surface area contributed by atoms with Crippen molar-refractivity contribution in [2.75, 3.05) is 16.0 Å². The number of nitrogens with one attached hydrogen (secondary N) is 1. The van der Waals surface area contributed by atoms with Crippen LogP contribution in [0.5, 0.6) is 0 Å². The molecule has 1 saturated heterocycles. The number of carbonyl (C=O) groups is 3. The summed E-state index contributed by atoms with van der Waals surface area (Å²) < 4.78 is 0. The number of para-hydroxylation sites is 1. The highest BCUT2D eigenvalue weighted by Crippen LogP contribution is 2.29. The lowest BCUT2D eigenvalue weighted by atomic mass is 10.3. The van der Waals surface area contributed by atoms with Gasteiger partial charge in [-0.15, -0.1) is 11.8 Å². The monoisotopic (exact) mass is 399 g/mol. The van der Waals surface area contributed by atoms with E-state index in [0.29, 0.717) is 17.1 Å². The van der Waals surface area contributed by atoms with Crippen molar-refractivity contribution in [3.8, 4) is 0 Å². The number of amides is 3. The molecule has 0 unspecified atom stereocenters. The molecule has 1 fully saturated rings. The lowest BCUT2D eigenvalue weighted by Gasteiger charge is -2.14. The van der Waals surface area contributed by atoms with Gasteiger partial charge in [-0.3, -0.25) is 24.5 Å². The van der Waals surface area contributed by atoms with Crippen molar-refractivity contribution in [2.24, 2.45) is 0 Å². The SMILES string of the molecule is O=C(CCS[C@H]1CC(=O)N(c2ccccc2)C1=O)Nc1ccc([N+](=O)[O-])cc1. The number of carbonyl (C=O) groups excluding carboxylic acids is 3. The zero-order valence-electron chi connectivity index (χ0n) is 14.7. The quantitative estimate of drug-likeness (QED) is 0.435. The highest BCUT2D eigenvalue weighted by Gasteiger charge is 2.39. The third-order valence-corrected chi connectivity index (χ3v) is 5.34. The van der Waals surface area contributed by atoms with Crippen LogP contribution in [0, 0.1) is 10.1 Å². The van der Waals surface area contributed by atoms with Crippen LogP contribution in [0.25, 0.3) is 0 Å². The van der Waals surface area contributed by atoms with Crippen LogP contribution < -0.4 is 10.2 Å². The van der Waals surface area contributed by atoms with Crippen molar-refractivity contribution in [3.63, 3.8) is 0 Å². The minimum absolute atomic E-state index is 0.0547. The number of nitrogens with zero attached hydrogens (tertiary/aromatic N) is 2. The highest BCUT2D eigenvalue weighted by atomic mass is 32.2. The molecule has 8 nitrogen and oxygen atoms in total. The van der Waals surface area contributed by atoms with E-state index in [0.717, 1.165) is 0 Å². The van der Waals surface area contributed by atoms with Crippen LogP contribution in [0.2, 0.25) is 0 Å². The number of hydrogen-bond donors (Lipinski definition) is 1. The maximum absolute atomic E-state index is 12.5. The second-order valence-electron chi connectivity index (χ2n) is 6.07. The summed E-state index contributed by atoms with van der Waals surface area (Å²) in [5.41, 5.74) is 0.959. The molecule has 144 valence electrons. The summed E-state index contributed by atoms with van der Waals surface area (Å²) in [6.45, 7) is 0. The number of thioether (sulfide) groups is 1. The molecule has 0 aliphatic carbocycles. The first-order valence-electron chi connectivity index (χ1n) is 8.53. The molecule has 0 aromatic heterocycles. The Morgan fingerprint density at radius 3 is 2.46 bits per heavy atom. The second-order valence-corrected chi connectivity index (χ2v) is 7.38. The Hall–Kier alpha value is -3.20. The van der Waals surface area contributed by atoms with Crippen LogP contribution in [0.15, 0.2) is 54.6 Å². The fraction of sp³-hybridized carbons (Fsp3) is 0.211. The number of rotatable bonds is 7. The molecule has 3 rings (SSSR count). The van der Waals surface area contributed by atoms with Crippen LogP contribution in [0.1, 0.15) is 12.8 Å². The molecule has 3 amide bonds. The van der Waals surface area contributed by atoms with Gasteiger partial charge in [0.25, 0.3) is 5.69 Å². The summed E-state index contributed by atoms with van der Waals surface area (Å²) in [6.07, 6.45) is 0.271. The molecule has 2 aromatic rings. The predicted octanol–water partition coefficient (Wildman–Crippen LogP) is 2.99. The molecule has 0 bridgehead atoms. The average Bonchev–Trinajstić information content (AvgIpc) is 2.96. The molecular formula is C19H17N3O5S. The van der Waals surface area contributed by atoms with E-state index in [2.05, 4.69) is 5.32 Å². The van der Waals surface area contributed by atoms with Crippen LogP contribution in [0.3, 0.4) is 0 Å². The molecule has 1 aliphatic rings. The molecule has 9 heteroatoms. The van der Waals surface area contributed by atoms with Crippen molar-refractivity contribution in [2.45, 2.75) is 18.1 Å². The lowest BCUT2D eigenvalue weighted by molar-refractivity contribution is -0.384. The molecule has 1 heterocycles. The summed E-state index contributed by atoms with van der Waals surface area (Å²) in [4.78, 5) is 48.0. The van der Waals surface area contributed by atoms with Crippen molar-refractivity contribution < 1.29 is 19.3 Å². The van der Waals surface area contributed by atoms with E-state index >= 15 is 0 Å². The number of hydrogen-bond acceptors (Lipinski definition) is 6. The van der Waals surface area contributed by atoms with E-state index in [4.69, 9.17) is 0 Å². The Labute approximate surface area is 165 Å². The predicted molar refractivity (Wildman–Crippen MR) is 106 cm³/mol. The van der Waals surface area contributed by atoms with E-state index in [1.54, 1.807) is 24.3 Å². The Kier molecular flexibility index (Phi) is 6.05. The van der Waals surface area contributed by atoms with Crippen molar-refractivity contribution in [3.05, 3.63) is 64.7 Å². The molecule has 0 saturated carbocycles. The summed E-state index contributed by atoms with van der Waals surface area (Å²) in [7, 11) is 0. The molecule has 0 radical (unpaired) electrons. The maximum Gasteiger partial charge on any atom is 0.269 e. The van der Waals surface area contributed by atoms with Crippen LogP contribution in [-0.4, -0.2) is 33.6 Å². The minimum atomic E-state index is -0.513. The van der Waals surface area contributed by atoms with Crippen molar-refractivity contribution >= 4 is 46.5 Å². The molecule has 1 atom stereocenters. The number of anilines is 2. The molecule has 0 spiro atoms. The highest BCUT2D eigenvalue weighted by molar-refractivity contribution is 8.00. The second kappa shape index (κ2) is 8.66. The first kappa shape index (κ1) is 19.6. The fourth-order valence-corrected chi connectivity index (χ4v) is 3.86. The molecule has 1 N–H and O–H groups in total. The summed E-state index contributed by atoms with van der Waals surface area (Å²) >= 11 is 1.28. The molecular weight excluding hydrogens is 382 g/mol. The standard InChI is InChI=1S/C19H17N3O5S/c23-17(20-13-6-8-15(9-7-13)22(26)27)10-11-28-16-12-18(24)21(19(16)25)14-4-2-1-3-5-14/h1-9,16H,10-12H2,(H,20,23)/t16-/m0/s1. The number of nitro benzene ring substituents is 1. The van der Waals surface area contributed by atoms with Crippen LogP contribution >= 0.6 is 11.8 Å². The molecule has 1 aliphatic heterocycles. The van der Waals surface area contributed by atoms with Gasteiger partial charge in [0.1, 0.15) is 0 Å². The first-order chi connectivity index (χ1) is 13.5. The van der Waals surface area contributed by atoms with Gasteiger partial charge in [0.15, 0.2) is 0 Å².